The zero-order valence-electron chi connectivity index (χ0n) is 14.9. The minimum absolute atomic E-state index is 0.582. The van der Waals surface area contributed by atoms with Gasteiger partial charge in [-0.05, 0) is 57.5 Å². The van der Waals surface area contributed by atoms with E-state index in [2.05, 4.69) is 22.0 Å². The summed E-state index contributed by atoms with van der Waals surface area (Å²) in [6.45, 7) is 9.30. The molecule has 2 aromatic heterocycles. The second kappa shape index (κ2) is 7.74. The normalized spacial score (nSPS) is 11.0. The minimum Gasteiger partial charge on any atom is -0.494 e. The van der Waals surface area contributed by atoms with Crippen LogP contribution in [-0.2, 0) is 0 Å². The van der Waals surface area contributed by atoms with E-state index < -0.39 is 0 Å². The number of benzene rings is 1. The Morgan fingerprint density at radius 1 is 1.00 bits per heavy atom. The Balaban J connectivity index is 1.55. The van der Waals surface area contributed by atoms with Crippen molar-refractivity contribution in [2.24, 2.45) is 0 Å². The maximum atomic E-state index is 5.74. The first-order valence-electron chi connectivity index (χ1n) is 8.27. The second-order valence-corrected chi connectivity index (χ2v) is 6.68. The Morgan fingerprint density at radius 3 is 2.36 bits per heavy atom. The summed E-state index contributed by atoms with van der Waals surface area (Å²) < 4.78 is 13.0. The standard InChI is InChI=1S/C18H22N4O2S/c1-5-23-15-6-8-16(9-7-15)24-10-11-25-18-20-17-19-13(3)12(2)14(4)22(17)21-18/h6-9H,5,10-11H2,1-4H3. The van der Waals surface area contributed by atoms with Gasteiger partial charge in [0.1, 0.15) is 11.5 Å². The Bertz CT molecular complexity index is 862. The van der Waals surface area contributed by atoms with E-state index in [0.717, 1.165) is 39.4 Å². The number of hydrogen-bond acceptors (Lipinski definition) is 6. The van der Waals surface area contributed by atoms with Crippen molar-refractivity contribution in [2.75, 3.05) is 19.0 Å². The molecular weight excluding hydrogens is 336 g/mol. The molecule has 0 spiro atoms. The predicted octanol–water partition coefficient (Wildman–Crippen LogP) is 3.62. The molecule has 0 fully saturated rings. The second-order valence-electron chi connectivity index (χ2n) is 5.62. The summed E-state index contributed by atoms with van der Waals surface area (Å²) in [6.07, 6.45) is 0. The summed E-state index contributed by atoms with van der Waals surface area (Å²) in [5.74, 6) is 3.10. The van der Waals surface area contributed by atoms with Crippen LogP contribution in [0.3, 0.4) is 0 Å². The molecule has 1 aromatic carbocycles. The molecule has 0 amide bonds. The first kappa shape index (κ1) is 17.5. The fourth-order valence-electron chi connectivity index (χ4n) is 2.39. The molecule has 132 valence electrons. The SMILES string of the molecule is CCOc1ccc(OCCSc2nc3nc(C)c(C)c(C)n3n2)cc1. The highest BCUT2D eigenvalue weighted by Gasteiger charge is 2.11. The van der Waals surface area contributed by atoms with Gasteiger partial charge in [0.25, 0.3) is 5.78 Å². The third-order valence-corrected chi connectivity index (χ3v) is 4.76. The quantitative estimate of drug-likeness (QED) is 0.475. The summed E-state index contributed by atoms with van der Waals surface area (Å²) in [6, 6.07) is 7.65. The van der Waals surface area contributed by atoms with Gasteiger partial charge in [0.05, 0.1) is 13.2 Å². The Morgan fingerprint density at radius 2 is 1.68 bits per heavy atom. The van der Waals surface area contributed by atoms with Crippen LogP contribution in [-0.4, -0.2) is 38.5 Å². The molecule has 0 aliphatic heterocycles. The monoisotopic (exact) mass is 358 g/mol. The molecule has 6 nitrogen and oxygen atoms in total. The summed E-state index contributed by atoms with van der Waals surface area (Å²) >= 11 is 1.56. The minimum atomic E-state index is 0.582. The molecule has 2 heterocycles. The lowest BCUT2D eigenvalue weighted by molar-refractivity contribution is 0.332. The molecule has 0 saturated carbocycles. The number of aryl methyl sites for hydroxylation is 2. The number of ether oxygens (including phenoxy) is 2. The van der Waals surface area contributed by atoms with Crippen LogP contribution in [0.5, 0.6) is 11.5 Å². The van der Waals surface area contributed by atoms with Crippen LogP contribution in [0, 0.1) is 20.8 Å². The fraction of sp³-hybridized carbons (Fsp3) is 0.389. The fourth-order valence-corrected chi connectivity index (χ4v) is 3.02. The average molecular weight is 358 g/mol. The lowest BCUT2D eigenvalue weighted by atomic mass is 10.2. The van der Waals surface area contributed by atoms with Gasteiger partial charge in [0.2, 0.25) is 5.16 Å². The van der Waals surface area contributed by atoms with Crippen LogP contribution in [0.2, 0.25) is 0 Å². The van der Waals surface area contributed by atoms with E-state index in [1.807, 2.05) is 45.0 Å². The summed E-state index contributed by atoms with van der Waals surface area (Å²) in [5.41, 5.74) is 3.22. The molecule has 0 N–H and O–H groups in total. The Labute approximate surface area is 151 Å². The number of hydrogen-bond donors (Lipinski definition) is 0. The van der Waals surface area contributed by atoms with E-state index in [9.17, 15) is 0 Å². The van der Waals surface area contributed by atoms with Gasteiger partial charge in [0.15, 0.2) is 0 Å². The van der Waals surface area contributed by atoms with Gasteiger partial charge in [-0.25, -0.2) is 9.50 Å². The molecular formula is C18H22N4O2S. The highest BCUT2D eigenvalue weighted by atomic mass is 32.2. The largest absolute Gasteiger partial charge is 0.494 e. The van der Waals surface area contributed by atoms with Gasteiger partial charge in [-0.15, -0.1) is 5.10 Å². The van der Waals surface area contributed by atoms with E-state index in [4.69, 9.17) is 9.47 Å². The van der Waals surface area contributed by atoms with Crippen molar-refractivity contribution < 1.29 is 9.47 Å². The predicted molar refractivity (Wildman–Crippen MR) is 98.8 cm³/mol. The molecule has 3 rings (SSSR count). The van der Waals surface area contributed by atoms with Crippen LogP contribution in [0.15, 0.2) is 29.4 Å². The average Bonchev–Trinajstić information content (AvgIpc) is 3.01. The van der Waals surface area contributed by atoms with Crippen LogP contribution in [0.4, 0.5) is 0 Å². The highest BCUT2D eigenvalue weighted by Crippen LogP contribution is 2.20. The molecule has 0 radical (unpaired) electrons. The first-order valence-corrected chi connectivity index (χ1v) is 9.26. The number of aromatic nitrogens is 4. The van der Waals surface area contributed by atoms with Gasteiger partial charge < -0.3 is 9.47 Å². The number of fused-ring (bicyclic) bond motifs is 1. The van der Waals surface area contributed by atoms with E-state index in [1.54, 1.807) is 16.3 Å². The Hall–Kier alpha value is -2.28. The molecule has 0 aliphatic rings. The topological polar surface area (TPSA) is 61.5 Å². The lowest BCUT2D eigenvalue weighted by Gasteiger charge is -2.06. The van der Waals surface area contributed by atoms with Crippen molar-refractivity contribution in [3.63, 3.8) is 0 Å². The lowest BCUT2D eigenvalue weighted by Crippen LogP contribution is -2.02. The smallest absolute Gasteiger partial charge is 0.253 e. The molecule has 0 aliphatic carbocycles. The summed E-state index contributed by atoms with van der Waals surface area (Å²) in [4.78, 5) is 8.97. The summed E-state index contributed by atoms with van der Waals surface area (Å²) in [5, 5.41) is 5.24. The van der Waals surface area contributed by atoms with Gasteiger partial charge in [-0.3, -0.25) is 0 Å². The maximum absolute atomic E-state index is 5.74. The summed E-state index contributed by atoms with van der Waals surface area (Å²) in [7, 11) is 0. The van der Waals surface area contributed by atoms with E-state index in [1.165, 1.54) is 0 Å². The van der Waals surface area contributed by atoms with Gasteiger partial charge in [-0.2, -0.15) is 4.98 Å². The van der Waals surface area contributed by atoms with Gasteiger partial charge >= 0.3 is 0 Å². The van der Waals surface area contributed by atoms with Crippen molar-refractivity contribution in [3.05, 3.63) is 41.2 Å². The zero-order valence-corrected chi connectivity index (χ0v) is 15.8. The maximum Gasteiger partial charge on any atom is 0.253 e. The molecule has 0 atom stereocenters. The van der Waals surface area contributed by atoms with E-state index >= 15 is 0 Å². The first-order chi connectivity index (χ1) is 12.1. The zero-order chi connectivity index (χ0) is 17.8. The number of thioether (sulfide) groups is 1. The highest BCUT2D eigenvalue weighted by molar-refractivity contribution is 7.99. The van der Waals surface area contributed by atoms with Crippen molar-refractivity contribution in [1.82, 2.24) is 19.6 Å². The number of rotatable bonds is 7. The Kier molecular flexibility index (Phi) is 5.43. The van der Waals surface area contributed by atoms with E-state index in [-0.39, 0.29) is 0 Å². The van der Waals surface area contributed by atoms with Crippen molar-refractivity contribution >= 4 is 17.5 Å². The van der Waals surface area contributed by atoms with Crippen molar-refractivity contribution in [3.8, 4) is 11.5 Å². The van der Waals surface area contributed by atoms with Gasteiger partial charge in [-0.1, -0.05) is 11.8 Å². The third kappa shape index (κ3) is 4.04. The van der Waals surface area contributed by atoms with Crippen LogP contribution < -0.4 is 9.47 Å². The molecule has 25 heavy (non-hydrogen) atoms. The molecule has 3 aromatic rings. The van der Waals surface area contributed by atoms with Gasteiger partial charge in [0, 0.05) is 17.1 Å². The molecule has 7 heteroatoms. The number of nitrogens with zero attached hydrogens (tertiary/aromatic N) is 4. The van der Waals surface area contributed by atoms with E-state index in [0.29, 0.717) is 19.0 Å². The van der Waals surface area contributed by atoms with Crippen molar-refractivity contribution in [1.29, 1.82) is 0 Å². The molecule has 0 saturated heterocycles. The third-order valence-electron chi connectivity index (χ3n) is 3.96. The van der Waals surface area contributed by atoms with Crippen LogP contribution >= 0.6 is 11.8 Å². The molecule has 0 unspecified atom stereocenters. The van der Waals surface area contributed by atoms with Crippen LogP contribution in [0.25, 0.3) is 5.78 Å². The van der Waals surface area contributed by atoms with Crippen molar-refractivity contribution in [2.45, 2.75) is 32.9 Å². The van der Waals surface area contributed by atoms with Crippen LogP contribution in [0.1, 0.15) is 23.9 Å². The molecule has 0 bridgehead atoms.